The van der Waals surface area contributed by atoms with Crippen molar-refractivity contribution < 1.29 is 13.6 Å². The minimum atomic E-state index is -0.553. The van der Waals surface area contributed by atoms with E-state index in [4.69, 9.17) is 0 Å². The summed E-state index contributed by atoms with van der Waals surface area (Å²) < 4.78 is 27.0. The van der Waals surface area contributed by atoms with E-state index in [9.17, 15) is 13.6 Å². The van der Waals surface area contributed by atoms with Crippen LogP contribution < -0.4 is 0 Å². The number of rotatable bonds is 6. The van der Waals surface area contributed by atoms with Crippen molar-refractivity contribution in [2.24, 2.45) is 0 Å². The van der Waals surface area contributed by atoms with E-state index in [1.807, 2.05) is 25.7 Å². The number of nitrogens with zero attached hydrogens (tertiary/aromatic N) is 3. The Labute approximate surface area is 143 Å². The third-order valence-electron chi connectivity index (χ3n) is 4.84. The molecular formula is C18H27F2N3O. The summed E-state index contributed by atoms with van der Waals surface area (Å²) in [5.74, 6) is -0.893. The predicted octanol–water partition coefficient (Wildman–Crippen LogP) is 2.51. The number of benzene rings is 1. The summed E-state index contributed by atoms with van der Waals surface area (Å²) in [6.07, 6.45) is 0. The number of amides is 1. The molecular weight excluding hydrogens is 312 g/mol. The topological polar surface area (TPSA) is 26.8 Å². The molecule has 0 spiro atoms. The largest absolute Gasteiger partial charge is 0.342 e. The summed E-state index contributed by atoms with van der Waals surface area (Å²) in [6.45, 7) is 10.9. The van der Waals surface area contributed by atoms with E-state index in [0.717, 1.165) is 45.3 Å². The average molecular weight is 339 g/mol. The van der Waals surface area contributed by atoms with E-state index in [-0.39, 0.29) is 11.9 Å². The van der Waals surface area contributed by atoms with E-state index in [1.165, 1.54) is 12.1 Å². The summed E-state index contributed by atoms with van der Waals surface area (Å²) >= 11 is 0. The lowest BCUT2D eigenvalue weighted by atomic mass is 10.1. The molecule has 0 saturated carbocycles. The Morgan fingerprint density at radius 1 is 1.17 bits per heavy atom. The first-order valence-corrected chi connectivity index (χ1v) is 8.65. The van der Waals surface area contributed by atoms with Crippen LogP contribution in [0.15, 0.2) is 18.2 Å². The standard InChI is InChI=1S/C18H27F2N3O/c1-4-22(5-2)18(24)13-21-8-10-23(11-9-21)14(3)16-7-6-15(19)12-17(16)20/h6-7,12,14H,4-5,8-11,13H2,1-3H3. The Bertz CT molecular complexity index is 555. The highest BCUT2D eigenvalue weighted by molar-refractivity contribution is 5.78. The van der Waals surface area contributed by atoms with Crippen molar-refractivity contribution >= 4 is 5.91 Å². The number of hydrogen-bond acceptors (Lipinski definition) is 3. The summed E-state index contributed by atoms with van der Waals surface area (Å²) in [5.41, 5.74) is 0.518. The van der Waals surface area contributed by atoms with Gasteiger partial charge in [0.25, 0.3) is 0 Å². The fraction of sp³-hybridized carbons (Fsp3) is 0.611. The highest BCUT2D eigenvalue weighted by Crippen LogP contribution is 2.24. The van der Waals surface area contributed by atoms with E-state index in [2.05, 4.69) is 9.80 Å². The average Bonchev–Trinajstić information content (AvgIpc) is 2.56. The molecule has 0 aliphatic carbocycles. The minimum absolute atomic E-state index is 0.105. The van der Waals surface area contributed by atoms with Crippen LogP contribution in [0.3, 0.4) is 0 Å². The molecule has 1 aromatic rings. The van der Waals surface area contributed by atoms with Crippen molar-refractivity contribution in [2.75, 3.05) is 45.8 Å². The summed E-state index contributed by atoms with van der Waals surface area (Å²) in [5, 5.41) is 0. The van der Waals surface area contributed by atoms with Gasteiger partial charge in [-0.05, 0) is 26.8 Å². The maximum Gasteiger partial charge on any atom is 0.236 e. The van der Waals surface area contributed by atoms with E-state index in [0.29, 0.717) is 12.1 Å². The molecule has 1 atom stereocenters. The van der Waals surface area contributed by atoms with Gasteiger partial charge in [-0.1, -0.05) is 6.07 Å². The molecule has 1 amide bonds. The molecule has 1 unspecified atom stereocenters. The third-order valence-corrected chi connectivity index (χ3v) is 4.84. The van der Waals surface area contributed by atoms with Crippen molar-refractivity contribution in [3.05, 3.63) is 35.4 Å². The van der Waals surface area contributed by atoms with Crippen LogP contribution >= 0.6 is 0 Å². The first-order chi connectivity index (χ1) is 11.5. The van der Waals surface area contributed by atoms with Gasteiger partial charge in [0.2, 0.25) is 5.91 Å². The Balaban J connectivity index is 1.89. The maximum absolute atomic E-state index is 13.9. The van der Waals surface area contributed by atoms with Crippen LogP contribution in [-0.4, -0.2) is 66.4 Å². The van der Waals surface area contributed by atoms with Gasteiger partial charge in [0.1, 0.15) is 11.6 Å². The predicted molar refractivity (Wildman–Crippen MR) is 90.7 cm³/mol. The summed E-state index contributed by atoms with van der Waals surface area (Å²) in [7, 11) is 0. The lowest BCUT2D eigenvalue weighted by Crippen LogP contribution is -2.50. The highest BCUT2D eigenvalue weighted by Gasteiger charge is 2.25. The molecule has 1 heterocycles. The minimum Gasteiger partial charge on any atom is -0.342 e. The van der Waals surface area contributed by atoms with E-state index < -0.39 is 11.6 Å². The van der Waals surface area contributed by atoms with Crippen LogP contribution in [0.2, 0.25) is 0 Å². The fourth-order valence-electron chi connectivity index (χ4n) is 3.21. The Morgan fingerprint density at radius 3 is 2.33 bits per heavy atom. The number of carbonyl (C=O) groups excluding carboxylic acids is 1. The number of carbonyl (C=O) groups is 1. The Kier molecular flexibility index (Phi) is 6.69. The molecule has 1 fully saturated rings. The number of likely N-dealkylation sites (N-methyl/N-ethyl adjacent to an activating group) is 1. The van der Waals surface area contributed by atoms with Crippen molar-refractivity contribution in [2.45, 2.75) is 26.8 Å². The lowest BCUT2D eigenvalue weighted by molar-refractivity contribution is -0.132. The zero-order valence-corrected chi connectivity index (χ0v) is 14.8. The summed E-state index contributed by atoms with van der Waals surface area (Å²) in [6, 6.07) is 3.65. The zero-order chi connectivity index (χ0) is 17.7. The fourth-order valence-corrected chi connectivity index (χ4v) is 3.21. The number of halogens is 2. The molecule has 0 aromatic heterocycles. The molecule has 6 heteroatoms. The van der Waals surface area contributed by atoms with Gasteiger partial charge in [-0.25, -0.2) is 8.78 Å². The van der Waals surface area contributed by atoms with Gasteiger partial charge < -0.3 is 4.90 Å². The maximum atomic E-state index is 13.9. The lowest BCUT2D eigenvalue weighted by Gasteiger charge is -2.38. The van der Waals surface area contributed by atoms with Crippen LogP contribution in [0.5, 0.6) is 0 Å². The monoisotopic (exact) mass is 339 g/mol. The number of hydrogen-bond donors (Lipinski definition) is 0. The van der Waals surface area contributed by atoms with Gasteiger partial charge in [-0.15, -0.1) is 0 Å². The molecule has 4 nitrogen and oxygen atoms in total. The van der Waals surface area contributed by atoms with Crippen molar-refractivity contribution in [1.82, 2.24) is 14.7 Å². The number of piperazine rings is 1. The van der Waals surface area contributed by atoms with Gasteiger partial charge in [0.15, 0.2) is 0 Å². The second-order valence-electron chi connectivity index (χ2n) is 6.22. The molecule has 24 heavy (non-hydrogen) atoms. The van der Waals surface area contributed by atoms with Gasteiger partial charge >= 0.3 is 0 Å². The molecule has 0 N–H and O–H groups in total. The molecule has 1 aliphatic rings. The van der Waals surface area contributed by atoms with Crippen LogP contribution in [0.25, 0.3) is 0 Å². The van der Waals surface area contributed by atoms with Crippen molar-refractivity contribution in [1.29, 1.82) is 0 Å². The van der Waals surface area contributed by atoms with Crippen LogP contribution in [0.1, 0.15) is 32.4 Å². The first kappa shape index (κ1) is 18.8. The third kappa shape index (κ3) is 4.51. The van der Waals surface area contributed by atoms with Crippen LogP contribution in [0, 0.1) is 11.6 Å². The molecule has 1 aromatic carbocycles. The SMILES string of the molecule is CCN(CC)C(=O)CN1CCN(C(C)c2ccc(F)cc2F)CC1. The van der Waals surface area contributed by atoms with Gasteiger partial charge in [-0.3, -0.25) is 14.6 Å². The normalized spacial score (nSPS) is 17.7. The second kappa shape index (κ2) is 8.53. The quantitative estimate of drug-likeness (QED) is 0.797. The van der Waals surface area contributed by atoms with Gasteiger partial charge in [0.05, 0.1) is 6.54 Å². The Morgan fingerprint density at radius 2 is 1.79 bits per heavy atom. The Hall–Kier alpha value is -1.53. The molecule has 1 saturated heterocycles. The smallest absolute Gasteiger partial charge is 0.236 e. The van der Waals surface area contributed by atoms with E-state index in [1.54, 1.807) is 0 Å². The second-order valence-corrected chi connectivity index (χ2v) is 6.22. The first-order valence-electron chi connectivity index (χ1n) is 8.65. The van der Waals surface area contributed by atoms with Gasteiger partial charge in [0, 0.05) is 56.9 Å². The van der Waals surface area contributed by atoms with Crippen LogP contribution in [0.4, 0.5) is 8.78 Å². The van der Waals surface area contributed by atoms with E-state index >= 15 is 0 Å². The zero-order valence-electron chi connectivity index (χ0n) is 14.8. The summed E-state index contributed by atoms with van der Waals surface area (Å²) in [4.78, 5) is 18.3. The molecule has 2 rings (SSSR count). The molecule has 134 valence electrons. The molecule has 0 radical (unpaired) electrons. The van der Waals surface area contributed by atoms with Gasteiger partial charge in [-0.2, -0.15) is 0 Å². The van der Waals surface area contributed by atoms with Crippen molar-refractivity contribution in [3.8, 4) is 0 Å². The highest BCUT2D eigenvalue weighted by atomic mass is 19.1. The molecule has 1 aliphatic heterocycles. The van der Waals surface area contributed by atoms with Crippen LogP contribution in [-0.2, 0) is 4.79 Å². The molecule has 0 bridgehead atoms. The van der Waals surface area contributed by atoms with Crippen molar-refractivity contribution in [3.63, 3.8) is 0 Å².